The van der Waals surface area contributed by atoms with Crippen LogP contribution < -0.4 is 4.74 Å². The lowest BCUT2D eigenvalue weighted by atomic mass is 9.85. The van der Waals surface area contributed by atoms with Crippen molar-refractivity contribution in [1.82, 2.24) is 0 Å². The molecule has 3 saturated heterocycles. The van der Waals surface area contributed by atoms with Crippen LogP contribution >= 0.6 is 0 Å². The average Bonchev–Trinajstić information content (AvgIpc) is 3.81. The highest BCUT2D eigenvalue weighted by Crippen LogP contribution is 2.61. The van der Waals surface area contributed by atoms with Crippen LogP contribution in [-0.2, 0) is 57.0 Å². The van der Waals surface area contributed by atoms with E-state index in [-0.39, 0.29) is 0 Å². The normalized spacial score (nSPS) is 41.5. The summed E-state index contributed by atoms with van der Waals surface area (Å²) in [4.78, 5) is 37.8. The number of ether oxygens (including phenoxy) is 10. The molecule has 0 bridgehead atoms. The highest BCUT2D eigenvalue weighted by atomic mass is 16.8. The number of epoxide rings is 1. The van der Waals surface area contributed by atoms with Gasteiger partial charge in [0.05, 0.1) is 44.7 Å². The molecule has 0 amide bonds. The number of fused-ring (bicyclic) bond motifs is 3. The molecule has 1 aliphatic carbocycles. The number of rotatable bonds is 12. The van der Waals surface area contributed by atoms with Gasteiger partial charge in [0.25, 0.3) is 0 Å². The Bertz CT molecular complexity index is 1530. The van der Waals surface area contributed by atoms with Crippen molar-refractivity contribution in [3.63, 3.8) is 0 Å². The molecule has 292 valence electrons. The summed E-state index contributed by atoms with van der Waals surface area (Å²) in [6, 6.07) is 6.90. The van der Waals surface area contributed by atoms with Gasteiger partial charge < -0.3 is 72.9 Å². The molecule has 0 unspecified atom stereocenters. The first-order chi connectivity index (χ1) is 25.3. The second kappa shape index (κ2) is 16.0. The van der Waals surface area contributed by atoms with Crippen molar-refractivity contribution in [1.29, 1.82) is 0 Å². The number of esters is 3. The monoisotopic (exact) mass is 752 g/mol. The molecule has 0 aromatic heterocycles. The molecule has 4 fully saturated rings. The Kier molecular flexibility index (Phi) is 11.7. The van der Waals surface area contributed by atoms with E-state index in [4.69, 9.17) is 47.4 Å². The quantitative estimate of drug-likeness (QED) is 0.0719. The number of hydrogen-bond acceptors (Lipinski definition) is 18. The van der Waals surface area contributed by atoms with Crippen LogP contribution in [0, 0.1) is 11.8 Å². The molecule has 16 atom stereocenters. The standard InChI is InChI=1S/C35H44O18/c1-15-27(50-22(40)10-7-18-5-8-19(44-4)9-6-18)29(47-16(2)38)30(48-17(3)39)34(46-15)51-28-20-11-12-45-32(23(20)35(14-37)31(28)53-35)52-33-26(43)25(42)24(41)21(13-36)49-33/h5-12,15,20-21,23-34,36-37,41-43H,13-14H2,1-4H3/b10-7+/t15-,20+,21+,23+,24+,25-,26+,27-,28-,29+,30+,31-,32-,33-,34-,35+/m0/s1. The van der Waals surface area contributed by atoms with Gasteiger partial charge in [-0.05, 0) is 36.8 Å². The maximum absolute atomic E-state index is 13.0. The molecule has 18 nitrogen and oxygen atoms in total. The SMILES string of the molecule is COc1ccc(/C=C/C(=O)O[C@@H]2[C@@H](OC(C)=O)[C@@H](OC(C)=O)[C@H](O[C@H]3[C@@H]4C=CO[C@@H](O[C@@H]5O[C@H](CO)[C@@H](O)[C@H](O)[C@H]5O)[C@@H]4[C@@]4(CO)O[C@@H]34)O[C@H]2C)cc1. The summed E-state index contributed by atoms with van der Waals surface area (Å²) in [6.45, 7) is 2.64. The Morgan fingerprint density at radius 3 is 2.17 bits per heavy atom. The number of aliphatic hydroxyl groups is 5. The van der Waals surface area contributed by atoms with E-state index < -0.39 is 128 Å². The number of carbonyl (C=O) groups excluding carboxylic acids is 3. The fourth-order valence-electron chi connectivity index (χ4n) is 7.41. The zero-order valence-electron chi connectivity index (χ0n) is 29.2. The Morgan fingerprint density at radius 2 is 1.53 bits per heavy atom. The fraction of sp³-hybridized carbons (Fsp3) is 0.629. The predicted molar refractivity (Wildman–Crippen MR) is 173 cm³/mol. The third kappa shape index (κ3) is 7.79. The number of methoxy groups -OCH3 is 1. The lowest BCUT2D eigenvalue weighted by molar-refractivity contribution is -0.347. The average molecular weight is 753 g/mol. The van der Waals surface area contributed by atoms with Gasteiger partial charge >= 0.3 is 17.9 Å². The summed E-state index contributed by atoms with van der Waals surface area (Å²) in [6.07, 6.45) is -11.6. The molecule has 5 aliphatic rings. The number of aliphatic hydroxyl groups excluding tert-OH is 5. The van der Waals surface area contributed by atoms with Crippen LogP contribution in [0.4, 0.5) is 0 Å². The molecule has 0 spiro atoms. The largest absolute Gasteiger partial charge is 0.497 e. The topological polar surface area (TPSA) is 248 Å². The first-order valence-electron chi connectivity index (χ1n) is 17.1. The third-order valence-corrected chi connectivity index (χ3v) is 10.0. The summed E-state index contributed by atoms with van der Waals surface area (Å²) in [5.74, 6) is -3.13. The summed E-state index contributed by atoms with van der Waals surface area (Å²) < 4.78 is 57.8. The van der Waals surface area contributed by atoms with E-state index in [2.05, 4.69) is 0 Å². The lowest BCUT2D eigenvalue weighted by Crippen LogP contribution is -2.62. The van der Waals surface area contributed by atoms with Gasteiger partial charge in [0, 0.05) is 25.8 Å². The molecule has 4 aliphatic heterocycles. The van der Waals surface area contributed by atoms with E-state index in [0.717, 1.165) is 13.8 Å². The molecule has 1 aromatic rings. The zero-order chi connectivity index (χ0) is 38.2. The second-order valence-corrected chi connectivity index (χ2v) is 13.4. The van der Waals surface area contributed by atoms with Gasteiger partial charge in [0.2, 0.25) is 6.29 Å². The minimum Gasteiger partial charge on any atom is -0.497 e. The van der Waals surface area contributed by atoms with Crippen molar-refractivity contribution in [3.05, 3.63) is 48.2 Å². The van der Waals surface area contributed by atoms with Gasteiger partial charge in [-0.15, -0.1) is 0 Å². The molecule has 53 heavy (non-hydrogen) atoms. The van der Waals surface area contributed by atoms with E-state index >= 15 is 0 Å². The van der Waals surface area contributed by atoms with Gasteiger partial charge in [0.1, 0.15) is 41.9 Å². The highest BCUT2D eigenvalue weighted by Gasteiger charge is 2.77. The van der Waals surface area contributed by atoms with Crippen LogP contribution in [0.25, 0.3) is 6.08 Å². The van der Waals surface area contributed by atoms with E-state index in [1.54, 1.807) is 37.3 Å². The number of hydrogen-bond donors (Lipinski definition) is 5. The molecular formula is C35H44O18. The van der Waals surface area contributed by atoms with Crippen LogP contribution in [0.5, 0.6) is 5.75 Å². The molecule has 1 saturated carbocycles. The summed E-state index contributed by atoms with van der Waals surface area (Å²) in [5, 5.41) is 51.2. The fourth-order valence-corrected chi connectivity index (χ4v) is 7.41. The van der Waals surface area contributed by atoms with Crippen molar-refractivity contribution in [2.75, 3.05) is 20.3 Å². The maximum atomic E-state index is 13.0. The van der Waals surface area contributed by atoms with Crippen molar-refractivity contribution in [2.45, 2.75) is 106 Å². The van der Waals surface area contributed by atoms with Crippen molar-refractivity contribution in [2.24, 2.45) is 11.8 Å². The van der Waals surface area contributed by atoms with Gasteiger partial charge in [-0.25, -0.2) is 4.79 Å². The summed E-state index contributed by atoms with van der Waals surface area (Å²) in [5.41, 5.74) is -0.600. The number of carbonyl (C=O) groups is 3. The number of benzene rings is 1. The molecule has 4 heterocycles. The van der Waals surface area contributed by atoms with E-state index in [0.29, 0.717) is 11.3 Å². The van der Waals surface area contributed by atoms with Gasteiger partial charge in [-0.1, -0.05) is 12.1 Å². The van der Waals surface area contributed by atoms with E-state index in [9.17, 15) is 39.9 Å². The zero-order valence-corrected chi connectivity index (χ0v) is 29.2. The minimum absolute atomic E-state index is 0.516. The lowest BCUT2D eigenvalue weighted by Gasteiger charge is -2.45. The third-order valence-electron chi connectivity index (χ3n) is 10.0. The molecular weight excluding hydrogens is 708 g/mol. The van der Waals surface area contributed by atoms with Gasteiger partial charge in [0.15, 0.2) is 30.9 Å². The Labute approximate surface area is 303 Å². The first-order valence-corrected chi connectivity index (χ1v) is 17.1. The van der Waals surface area contributed by atoms with Gasteiger partial charge in [-0.2, -0.15) is 0 Å². The van der Waals surface area contributed by atoms with Crippen LogP contribution in [-0.4, -0.2) is 149 Å². The van der Waals surface area contributed by atoms with E-state index in [1.807, 2.05) is 0 Å². The molecule has 6 rings (SSSR count). The van der Waals surface area contributed by atoms with Crippen LogP contribution in [0.3, 0.4) is 0 Å². The molecule has 5 N–H and O–H groups in total. The Balaban J connectivity index is 1.21. The Hall–Kier alpha value is -3.69. The van der Waals surface area contributed by atoms with Gasteiger partial charge in [-0.3, -0.25) is 9.59 Å². The van der Waals surface area contributed by atoms with Crippen molar-refractivity contribution >= 4 is 24.0 Å². The van der Waals surface area contributed by atoms with Crippen LogP contribution in [0.15, 0.2) is 42.7 Å². The predicted octanol–water partition coefficient (Wildman–Crippen LogP) is -1.32. The summed E-state index contributed by atoms with van der Waals surface area (Å²) >= 11 is 0. The smallest absolute Gasteiger partial charge is 0.331 e. The molecule has 18 heteroatoms. The van der Waals surface area contributed by atoms with Crippen LogP contribution in [0.1, 0.15) is 26.3 Å². The molecule has 0 radical (unpaired) electrons. The first kappa shape index (κ1) is 39.0. The second-order valence-electron chi connectivity index (χ2n) is 13.4. The maximum Gasteiger partial charge on any atom is 0.331 e. The molecule has 1 aromatic carbocycles. The van der Waals surface area contributed by atoms with Crippen molar-refractivity contribution < 1.29 is 87.3 Å². The summed E-state index contributed by atoms with van der Waals surface area (Å²) in [7, 11) is 1.53. The van der Waals surface area contributed by atoms with Crippen LogP contribution in [0.2, 0.25) is 0 Å². The van der Waals surface area contributed by atoms with Crippen molar-refractivity contribution in [3.8, 4) is 5.75 Å². The minimum atomic E-state index is -1.73. The highest BCUT2D eigenvalue weighted by molar-refractivity contribution is 5.87. The Morgan fingerprint density at radius 1 is 0.830 bits per heavy atom. The van der Waals surface area contributed by atoms with E-state index in [1.165, 1.54) is 25.5 Å².